The third-order valence-electron chi connectivity index (χ3n) is 3.45. The molecule has 108 valence electrons. The highest BCUT2D eigenvalue weighted by Gasteiger charge is 2.16. The summed E-state index contributed by atoms with van der Waals surface area (Å²) in [6.07, 6.45) is 3.29. The lowest BCUT2D eigenvalue weighted by Gasteiger charge is -2.13. The van der Waals surface area contributed by atoms with Crippen LogP contribution in [0.5, 0.6) is 0 Å². The molecule has 0 aliphatic carbocycles. The van der Waals surface area contributed by atoms with Crippen molar-refractivity contribution in [2.45, 2.75) is 25.3 Å². The van der Waals surface area contributed by atoms with Gasteiger partial charge in [0.05, 0.1) is 10.5 Å². The monoisotopic (exact) mass is 278 g/mol. The number of nitro groups is 1. The number of rotatable bonds is 6. The molecule has 7 heteroatoms. The van der Waals surface area contributed by atoms with Gasteiger partial charge in [-0.3, -0.25) is 14.9 Å². The molecule has 1 aliphatic heterocycles. The number of nitro benzene ring substituents is 1. The van der Waals surface area contributed by atoms with Gasteiger partial charge in [-0.25, -0.2) is 0 Å². The number of anilines is 1. The van der Waals surface area contributed by atoms with Gasteiger partial charge in [-0.15, -0.1) is 0 Å². The first-order valence-corrected chi connectivity index (χ1v) is 6.63. The number of nitrogens with two attached hydrogens (primary N) is 1. The van der Waals surface area contributed by atoms with Gasteiger partial charge in [0.25, 0.3) is 11.6 Å². The molecule has 1 saturated heterocycles. The Balaban J connectivity index is 2.02. The fraction of sp³-hybridized carbons (Fsp3) is 0.462. The average molecular weight is 278 g/mol. The summed E-state index contributed by atoms with van der Waals surface area (Å²) in [6, 6.07) is 4.60. The molecule has 0 radical (unpaired) electrons. The summed E-state index contributed by atoms with van der Waals surface area (Å²) < 4.78 is 0. The van der Waals surface area contributed by atoms with Crippen LogP contribution in [-0.2, 0) is 0 Å². The standard InChI is InChI=1S/C13H18N4O3/c14-13(18)11-8-10(17(19)20)3-4-12(11)16-7-5-9-2-1-6-15-9/h3-4,8-9,15-16H,1-2,5-7H2,(H2,14,18)/t9-/m0/s1. The third kappa shape index (κ3) is 3.45. The van der Waals surface area contributed by atoms with Crippen molar-refractivity contribution >= 4 is 17.3 Å². The zero-order chi connectivity index (χ0) is 14.5. The molecule has 1 fully saturated rings. The summed E-state index contributed by atoms with van der Waals surface area (Å²) in [4.78, 5) is 21.5. The molecule has 1 amide bonds. The van der Waals surface area contributed by atoms with E-state index in [1.165, 1.54) is 24.6 Å². The lowest BCUT2D eigenvalue weighted by molar-refractivity contribution is -0.384. The minimum Gasteiger partial charge on any atom is -0.384 e. The first-order valence-electron chi connectivity index (χ1n) is 6.63. The van der Waals surface area contributed by atoms with E-state index in [0.29, 0.717) is 18.3 Å². The van der Waals surface area contributed by atoms with Crippen LogP contribution in [0.1, 0.15) is 29.6 Å². The van der Waals surface area contributed by atoms with Crippen LogP contribution >= 0.6 is 0 Å². The molecule has 2 rings (SSSR count). The highest BCUT2D eigenvalue weighted by Crippen LogP contribution is 2.22. The minimum atomic E-state index is -0.671. The van der Waals surface area contributed by atoms with Crippen molar-refractivity contribution in [1.29, 1.82) is 0 Å². The number of carbonyl (C=O) groups excluding carboxylic acids is 1. The van der Waals surface area contributed by atoms with Gasteiger partial charge >= 0.3 is 0 Å². The number of hydrogen-bond donors (Lipinski definition) is 3. The Kier molecular flexibility index (Phi) is 4.52. The van der Waals surface area contributed by atoms with Crippen LogP contribution in [0.15, 0.2) is 18.2 Å². The summed E-state index contributed by atoms with van der Waals surface area (Å²) in [5.41, 5.74) is 5.82. The third-order valence-corrected chi connectivity index (χ3v) is 3.45. The summed E-state index contributed by atoms with van der Waals surface area (Å²) in [7, 11) is 0. The summed E-state index contributed by atoms with van der Waals surface area (Å²) >= 11 is 0. The van der Waals surface area contributed by atoms with Crippen molar-refractivity contribution in [3.63, 3.8) is 0 Å². The topological polar surface area (TPSA) is 110 Å². The first kappa shape index (κ1) is 14.3. The fourth-order valence-corrected chi connectivity index (χ4v) is 2.39. The molecule has 1 heterocycles. The van der Waals surface area contributed by atoms with Crippen molar-refractivity contribution in [3.8, 4) is 0 Å². The Morgan fingerprint density at radius 1 is 1.55 bits per heavy atom. The molecule has 1 atom stereocenters. The van der Waals surface area contributed by atoms with E-state index in [2.05, 4.69) is 10.6 Å². The van der Waals surface area contributed by atoms with Crippen LogP contribution in [0.4, 0.5) is 11.4 Å². The van der Waals surface area contributed by atoms with Gasteiger partial charge in [-0.05, 0) is 31.9 Å². The zero-order valence-corrected chi connectivity index (χ0v) is 11.1. The molecule has 1 aliphatic rings. The van der Waals surface area contributed by atoms with Crippen LogP contribution in [0.2, 0.25) is 0 Å². The minimum absolute atomic E-state index is 0.137. The molecule has 1 aromatic rings. The van der Waals surface area contributed by atoms with Crippen LogP contribution in [0.3, 0.4) is 0 Å². The summed E-state index contributed by atoms with van der Waals surface area (Å²) in [6.45, 7) is 1.74. The van der Waals surface area contributed by atoms with Crippen molar-refractivity contribution in [1.82, 2.24) is 5.32 Å². The largest absolute Gasteiger partial charge is 0.384 e. The molecule has 0 saturated carbocycles. The van der Waals surface area contributed by atoms with Gasteiger partial charge in [-0.1, -0.05) is 0 Å². The second-order valence-electron chi connectivity index (χ2n) is 4.86. The maximum atomic E-state index is 11.4. The van der Waals surface area contributed by atoms with Crippen LogP contribution < -0.4 is 16.4 Å². The smallest absolute Gasteiger partial charge is 0.270 e. The van der Waals surface area contributed by atoms with E-state index in [-0.39, 0.29) is 11.3 Å². The molecule has 0 spiro atoms. The van der Waals surface area contributed by atoms with E-state index < -0.39 is 10.8 Å². The lowest BCUT2D eigenvalue weighted by atomic mass is 10.1. The Hall–Kier alpha value is -2.15. The molecule has 7 nitrogen and oxygen atoms in total. The van der Waals surface area contributed by atoms with E-state index in [1.54, 1.807) is 0 Å². The predicted molar refractivity (Wildman–Crippen MR) is 75.7 cm³/mol. The SMILES string of the molecule is NC(=O)c1cc([N+](=O)[O-])ccc1NCC[C@@H]1CCCN1. The zero-order valence-electron chi connectivity index (χ0n) is 11.1. The first-order chi connectivity index (χ1) is 9.58. The number of nitrogens with zero attached hydrogens (tertiary/aromatic N) is 1. The number of primary amides is 1. The van der Waals surface area contributed by atoms with Gasteiger partial charge in [0.15, 0.2) is 0 Å². The van der Waals surface area contributed by atoms with Gasteiger partial charge in [-0.2, -0.15) is 0 Å². The molecule has 1 aromatic carbocycles. The van der Waals surface area contributed by atoms with Gasteiger partial charge in [0, 0.05) is 30.4 Å². The van der Waals surface area contributed by atoms with Gasteiger partial charge in [0.2, 0.25) is 0 Å². The van der Waals surface area contributed by atoms with E-state index in [0.717, 1.165) is 19.4 Å². The number of nitrogens with one attached hydrogen (secondary N) is 2. The Labute approximate surface area is 116 Å². The normalized spacial score (nSPS) is 17.9. The maximum absolute atomic E-state index is 11.4. The molecule has 0 unspecified atom stereocenters. The Morgan fingerprint density at radius 2 is 2.35 bits per heavy atom. The number of hydrogen-bond acceptors (Lipinski definition) is 5. The number of non-ortho nitro benzene ring substituents is 1. The van der Waals surface area contributed by atoms with Gasteiger partial charge < -0.3 is 16.4 Å². The summed E-state index contributed by atoms with van der Waals surface area (Å²) in [5.74, 6) is -0.671. The molecular weight excluding hydrogens is 260 g/mol. The van der Waals surface area contributed by atoms with Crippen LogP contribution in [0, 0.1) is 10.1 Å². The lowest BCUT2D eigenvalue weighted by Crippen LogP contribution is -2.24. The molecule has 0 aromatic heterocycles. The van der Waals surface area contributed by atoms with Crippen LogP contribution in [0.25, 0.3) is 0 Å². The highest BCUT2D eigenvalue weighted by molar-refractivity contribution is 5.99. The second kappa shape index (κ2) is 6.33. The molecule has 4 N–H and O–H groups in total. The Bertz CT molecular complexity index is 512. The number of carbonyl (C=O) groups is 1. The highest BCUT2D eigenvalue weighted by atomic mass is 16.6. The van der Waals surface area contributed by atoms with Crippen molar-refractivity contribution in [2.24, 2.45) is 5.73 Å². The van der Waals surface area contributed by atoms with Crippen molar-refractivity contribution in [2.75, 3.05) is 18.4 Å². The molecular formula is C13H18N4O3. The second-order valence-corrected chi connectivity index (χ2v) is 4.86. The molecule has 20 heavy (non-hydrogen) atoms. The molecule has 0 bridgehead atoms. The average Bonchev–Trinajstić information content (AvgIpc) is 2.91. The number of amides is 1. The fourth-order valence-electron chi connectivity index (χ4n) is 2.39. The Morgan fingerprint density at radius 3 is 2.95 bits per heavy atom. The van der Waals surface area contributed by atoms with E-state index >= 15 is 0 Å². The van der Waals surface area contributed by atoms with E-state index in [4.69, 9.17) is 5.73 Å². The van der Waals surface area contributed by atoms with Crippen molar-refractivity contribution in [3.05, 3.63) is 33.9 Å². The predicted octanol–water partition coefficient (Wildman–Crippen LogP) is 1.25. The summed E-state index contributed by atoms with van der Waals surface area (Å²) in [5, 5.41) is 17.2. The van der Waals surface area contributed by atoms with Gasteiger partial charge in [0.1, 0.15) is 0 Å². The number of benzene rings is 1. The maximum Gasteiger partial charge on any atom is 0.270 e. The van der Waals surface area contributed by atoms with Crippen LogP contribution in [-0.4, -0.2) is 30.0 Å². The quantitative estimate of drug-likeness (QED) is 0.535. The van der Waals surface area contributed by atoms with E-state index in [1.807, 2.05) is 0 Å². The van der Waals surface area contributed by atoms with E-state index in [9.17, 15) is 14.9 Å². The van der Waals surface area contributed by atoms with Crippen molar-refractivity contribution < 1.29 is 9.72 Å².